The second kappa shape index (κ2) is 4.18. The van der Waals surface area contributed by atoms with Gasteiger partial charge < -0.3 is 5.32 Å². The molecule has 0 spiro atoms. The van der Waals surface area contributed by atoms with Gasteiger partial charge in [-0.05, 0) is 19.1 Å². The maximum Gasteiger partial charge on any atom is 0.148 e. The van der Waals surface area contributed by atoms with Crippen LogP contribution in [0.15, 0.2) is 12.1 Å². The number of nitrogens with zero attached hydrogens (tertiary/aromatic N) is 2. The molecule has 11 heavy (non-hydrogen) atoms. The third-order valence-electron chi connectivity index (χ3n) is 1.22. The van der Waals surface area contributed by atoms with E-state index in [1.54, 1.807) is 0 Å². The zero-order chi connectivity index (χ0) is 8.10. The molecule has 0 saturated carbocycles. The molecule has 0 radical (unpaired) electrons. The Morgan fingerprint density at radius 3 is 2.82 bits per heavy atom. The fraction of sp³-hybridized carbons (Fsp3) is 0.429. The molecular weight excluding hydrogens is 158 g/mol. The fourth-order valence-electron chi connectivity index (χ4n) is 0.677. The molecule has 1 rings (SSSR count). The molecule has 0 fully saturated rings. The van der Waals surface area contributed by atoms with E-state index in [-0.39, 0.29) is 0 Å². The molecule has 1 aromatic rings. The number of rotatable bonds is 3. The first-order valence-corrected chi connectivity index (χ1v) is 4.11. The summed E-state index contributed by atoms with van der Waals surface area (Å²) < 4.78 is 0. The van der Waals surface area contributed by atoms with Gasteiger partial charge in [-0.15, -0.1) is 5.10 Å². The third kappa shape index (κ3) is 2.76. The number of anilines is 1. The Bertz CT molecular complexity index is 209. The zero-order valence-corrected chi connectivity index (χ0v) is 7.30. The highest BCUT2D eigenvalue weighted by molar-refractivity contribution is 7.80. The van der Waals surface area contributed by atoms with Crippen molar-refractivity contribution in [2.24, 2.45) is 0 Å². The highest BCUT2D eigenvalue weighted by Crippen LogP contribution is 1.99. The van der Waals surface area contributed by atoms with Crippen LogP contribution in [0.1, 0.15) is 5.69 Å². The molecule has 0 amide bonds. The first-order chi connectivity index (χ1) is 5.33. The molecule has 0 bridgehead atoms. The van der Waals surface area contributed by atoms with Crippen LogP contribution < -0.4 is 5.32 Å². The maximum atomic E-state index is 4.06. The Morgan fingerprint density at radius 1 is 1.45 bits per heavy atom. The van der Waals surface area contributed by atoms with Gasteiger partial charge in [-0.3, -0.25) is 0 Å². The monoisotopic (exact) mass is 169 g/mol. The molecule has 0 aliphatic carbocycles. The van der Waals surface area contributed by atoms with Crippen molar-refractivity contribution in [3.05, 3.63) is 17.8 Å². The Kier molecular flexibility index (Phi) is 3.16. The second-order valence-corrected chi connectivity index (χ2v) is 2.66. The third-order valence-corrected chi connectivity index (χ3v) is 1.44. The van der Waals surface area contributed by atoms with Gasteiger partial charge in [0.15, 0.2) is 0 Å². The van der Waals surface area contributed by atoms with Crippen molar-refractivity contribution in [1.82, 2.24) is 10.2 Å². The summed E-state index contributed by atoms with van der Waals surface area (Å²) in [5.41, 5.74) is 0.932. The first kappa shape index (κ1) is 8.33. The summed E-state index contributed by atoms with van der Waals surface area (Å²) in [6.45, 7) is 2.73. The highest BCUT2D eigenvalue weighted by atomic mass is 32.1. The van der Waals surface area contributed by atoms with Gasteiger partial charge in [0.2, 0.25) is 0 Å². The minimum absolute atomic E-state index is 0.801. The second-order valence-electron chi connectivity index (χ2n) is 2.21. The Balaban J connectivity index is 2.52. The predicted molar refractivity (Wildman–Crippen MR) is 49.1 cm³/mol. The lowest BCUT2D eigenvalue weighted by Gasteiger charge is -2.00. The summed E-state index contributed by atoms with van der Waals surface area (Å²) >= 11 is 4.06. The minimum atomic E-state index is 0.801. The molecule has 0 saturated heterocycles. The van der Waals surface area contributed by atoms with Crippen molar-refractivity contribution in [2.75, 3.05) is 17.6 Å². The standard InChI is InChI=1S/C7H11N3S/c1-6-2-3-7(10-9-6)8-4-5-11/h2-3,11H,4-5H2,1H3,(H,8,10). The van der Waals surface area contributed by atoms with E-state index in [1.165, 1.54) is 0 Å². The molecule has 1 heterocycles. The normalized spacial score (nSPS) is 9.64. The van der Waals surface area contributed by atoms with Crippen LogP contribution in [0.3, 0.4) is 0 Å². The summed E-state index contributed by atoms with van der Waals surface area (Å²) in [5.74, 6) is 1.61. The fourth-order valence-corrected chi connectivity index (χ4v) is 0.789. The van der Waals surface area contributed by atoms with Crippen molar-refractivity contribution in [1.29, 1.82) is 0 Å². The lowest BCUT2D eigenvalue weighted by atomic mass is 10.4. The molecule has 60 valence electrons. The van der Waals surface area contributed by atoms with Gasteiger partial charge in [0.25, 0.3) is 0 Å². The van der Waals surface area contributed by atoms with Gasteiger partial charge in [-0.2, -0.15) is 17.7 Å². The van der Waals surface area contributed by atoms with Crippen molar-refractivity contribution in [3.63, 3.8) is 0 Å². The van der Waals surface area contributed by atoms with Gasteiger partial charge in [-0.25, -0.2) is 0 Å². The summed E-state index contributed by atoms with van der Waals surface area (Å²) in [6, 6.07) is 3.83. The van der Waals surface area contributed by atoms with Crippen LogP contribution in [0.25, 0.3) is 0 Å². The van der Waals surface area contributed by atoms with E-state index in [0.717, 1.165) is 23.8 Å². The van der Waals surface area contributed by atoms with Crippen LogP contribution in [0, 0.1) is 6.92 Å². The molecule has 3 nitrogen and oxygen atoms in total. The maximum absolute atomic E-state index is 4.06. The van der Waals surface area contributed by atoms with E-state index < -0.39 is 0 Å². The van der Waals surface area contributed by atoms with E-state index >= 15 is 0 Å². The van der Waals surface area contributed by atoms with Gasteiger partial charge in [0.05, 0.1) is 5.69 Å². The van der Waals surface area contributed by atoms with Crippen LogP contribution in [0.4, 0.5) is 5.82 Å². The number of hydrogen-bond donors (Lipinski definition) is 2. The highest BCUT2D eigenvalue weighted by Gasteiger charge is 1.90. The molecule has 0 aliphatic rings. The average Bonchev–Trinajstić information content (AvgIpc) is 2.04. The van der Waals surface area contributed by atoms with E-state index in [0.29, 0.717) is 0 Å². The van der Waals surface area contributed by atoms with E-state index in [2.05, 4.69) is 28.1 Å². The molecule has 4 heteroatoms. The number of aryl methyl sites for hydroxylation is 1. The average molecular weight is 169 g/mol. The summed E-state index contributed by atoms with van der Waals surface area (Å²) in [4.78, 5) is 0. The van der Waals surface area contributed by atoms with E-state index in [1.807, 2.05) is 19.1 Å². The number of nitrogens with one attached hydrogen (secondary N) is 1. The smallest absolute Gasteiger partial charge is 0.148 e. The van der Waals surface area contributed by atoms with Crippen LogP contribution >= 0.6 is 12.6 Å². The summed E-state index contributed by atoms with van der Waals surface area (Å²) in [5, 5.41) is 10.9. The summed E-state index contributed by atoms with van der Waals surface area (Å²) in [7, 11) is 0. The molecule has 0 atom stereocenters. The summed E-state index contributed by atoms with van der Waals surface area (Å²) in [6.07, 6.45) is 0. The van der Waals surface area contributed by atoms with Crippen molar-refractivity contribution < 1.29 is 0 Å². The van der Waals surface area contributed by atoms with E-state index in [4.69, 9.17) is 0 Å². The van der Waals surface area contributed by atoms with E-state index in [9.17, 15) is 0 Å². The number of aromatic nitrogens is 2. The predicted octanol–water partition coefficient (Wildman–Crippen LogP) is 1.13. The van der Waals surface area contributed by atoms with Crippen LogP contribution in [-0.4, -0.2) is 22.5 Å². The Morgan fingerprint density at radius 2 is 2.27 bits per heavy atom. The molecule has 1 aromatic heterocycles. The molecule has 0 aromatic carbocycles. The van der Waals surface area contributed by atoms with Crippen LogP contribution in [0.2, 0.25) is 0 Å². The Hall–Kier alpha value is -0.770. The topological polar surface area (TPSA) is 37.8 Å². The molecular formula is C7H11N3S. The Labute approximate surface area is 71.6 Å². The molecule has 0 aliphatic heterocycles. The van der Waals surface area contributed by atoms with Gasteiger partial charge in [-0.1, -0.05) is 0 Å². The van der Waals surface area contributed by atoms with Gasteiger partial charge in [0.1, 0.15) is 5.82 Å². The zero-order valence-electron chi connectivity index (χ0n) is 6.41. The lowest BCUT2D eigenvalue weighted by molar-refractivity contribution is 0.972. The number of thiol groups is 1. The minimum Gasteiger partial charge on any atom is -0.368 e. The van der Waals surface area contributed by atoms with Crippen molar-refractivity contribution in [2.45, 2.75) is 6.92 Å². The van der Waals surface area contributed by atoms with Crippen molar-refractivity contribution >= 4 is 18.4 Å². The number of hydrogen-bond acceptors (Lipinski definition) is 4. The SMILES string of the molecule is Cc1ccc(NCCS)nn1. The van der Waals surface area contributed by atoms with Gasteiger partial charge >= 0.3 is 0 Å². The molecule has 1 N–H and O–H groups in total. The van der Waals surface area contributed by atoms with Crippen LogP contribution in [0.5, 0.6) is 0 Å². The van der Waals surface area contributed by atoms with Crippen molar-refractivity contribution in [3.8, 4) is 0 Å². The molecule has 0 unspecified atom stereocenters. The lowest BCUT2D eigenvalue weighted by Crippen LogP contribution is -2.04. The largest absolute Gasteiger partial charge is 0.368 e. The van der Waals surface area contributed by atoms with Crippen LogP contribution in [-0.2, 0) is 0 Å². The first-order valence-electron chi connectivity index (χ1n) is 3.48. The quantitative estimate of drug-likeness (QED) is 0.666. The van der Waals surface area contributed by atoms with Gasteiger partial charge in [0, 0.05) is 12.3 Å².